The maximum Gasteiger partial charge on any atom is 0.258 e. The second kappa shape index (κ2) is 5.58. The molecule has 0 saturated carbocycles. The van der Waals surface area contributed by atoms with Crippen LogP contribution in [0.3, 0.4) is 0 Å². The number of carbonyl (C=O) groups is 1. The molecule has 0 unspecified atom stereocenters. The molecule has 0 aliphatic heterocycles. The van der Waals surface area contributed by atoms with Gasteiger partial charge >= 0.3 is 0 Å². The number of hydrogen-bond acceptors (Lipinski definition) is 2. The van der Waals surface area contributed by atoms with Crippen LogP contribution in [0, 0.1) is 11.6 Å². The highest BCUT2D eigenvalue weighted by atomic mass is 19.1. The molecule has 3 nitrogen and oxygen atoms in total. The van der Waals surface area contributed by atoms with Crippen LogP contribution in [0.1, 0.15) is 15.9 Å². The average molecular weight is 263 g/mol. The first-order chi connectivity index (χ1) is 9.10. The van der Waals surface area contributed by atoms with Crippen molar-refractivity contribution < 1.29 is 18.7 Å². The predicted molar refractivity (Wildman–Crippen MR) is 66.7 cm³/mol. The molecule has 0 aromatic heterocycles. The summed E-state index contributed by atoms with van der Waals surface area (Å²) in [6.07, 6.45) is 0. The van der Waals surface area contributed by atoms with Gasteiger partial charge in [-0.3, -0.25) is 4.79 Å². The maximum absolute atomic E-state index is 13.4. The topological polar surface area (TPSA) is 49.3 Å². The number of amides is 1. The van der Waals surface area contributed by atoms with E-state index in [1.54, 1.807) is 24.3 Å². The first-order valence-corrected chi connectivity index (χ1v) is 5.56. The van der Waals surface area contributed by atoms with Crippen LogP contribution in [0.5, 0.6) is 0 Å². The normalized spacial score (nSPS) is 10.3. The van der Waals surface area contributed by atoms with Crippen molar-refractivity contribution >= 4 is 11.6 Å². The fourth-order valence-corrected chi connectivity index (χ4v) is 1.56. The van der Waals surface area contributed by atoms with Gasteiger partial charge in [-0.25, -0.2) is 8.78 Å². The maximum atomic E-state index is 13.4. The van der Waals surface area contributed by atoms with Gasteiger partial charge in [-0.1, -0.05) is 12.1 Å². The number of rotatable bonds is 3. The van der Waals surface area contributed by atoms with E-state index < -0.39 is 17.5 Å². The van der Waals surface area contributed by atoms with E-state index in [-0.39, 0.29) is 12.2 Å². The lowest BCUT2D eigenvalue weighted by Crippen LogP contribution is -2.14. The Balaban J connectivity index is 2.18. The molecule has 19 heavy (non-hydrogen) atoms. The Morgan fingerprint density at radius 3 is 2.42 bits per heavy atom. The molecule has 0 spiro atoms. The summed E-state index contributed by atoms with van der Waals surface area (Å²) in [4.78, 5) is 11.8. The van der Waals surface area contributed by atoms with E-state index in [4.69, 9.17) is 5.11 Å². The molecule has 2 rings (SSSR count). The zero-order valence-electron chi connectivity index (χ0n) is 9.86. The summed E-state index contributed by atoms with van der Waals surface area (Å²) >= 11 is 0. The molecular formula is C14H11F2NO2. The van der Waals surface area contributed by atoms with Gasteiger partial charge in [-0.15, -0.1) is 0 Å². The average Bonchev–Trinajstić information content (AvgIpc) is 2.42. The van der Waals surface area contributed by atoms with Gasteiger partial charge in [0, 0.05) is 5.69 Å². The van der Waals surface area contributed by atoms with Crippen molar-refractivity contribution in [1.82, 2.24) is 0 Å². The van der Waals surface area contributed by atoms with Crippen molar-refractivity contribution in [3.8, 4) is 0 Å². The number of nitrogens with one attached hydrogen (secondary N) is 1. The summed E-state index contributed by atoms with van der Waals surface area (Å²) in [7, 11) is 0. The monoisotopic (exact) mass is 263 g/mol. The van der Waals surface area contributed by atoms with Gasteiger partial charge in [-0.05, 0) is 35.9 Å². The first kappa shape index (κ1) is 13.2. The zero-order chi connectivity index (χ0) is 13.8. The van der Waals surface area contributed by atoms with E-state index in [1.807, 2.05) is 0 Å². The van der Waals surface area contributed by atoms with Crippen LogP contribution in [-0.2, 0) is 6.61 Å². The smallest absolute Gasteiger partial charge is 0.258 e. The molecule has 0 aliphatic rings. The summed E-state index contributed by atoms with van der Waals surface area (Å²) < 4.78 is 26.4. The van der Waals surface area contributed by atoms with E-state index in [0.717, 1.165) is 18.2 Å². The van der Waals surface area contributed by atoms with Crippen molar-refractivity contribution in [3.05, 3.63) is 65.2 Å². The van der Waals surface area contributed by atoms with Gasteiger partial charge in [0.25, 0.3) is 5.91 Å². The highest BCUT2D eigenvalue weighted by Gasteiger charge is 2.12. The third-order valence-corrected chi connectivity index (χ3v) is 2.57. The molecule has 0 fully saturated rings. The third-order valence-electron chi connectivity index (χ3n) is 2.57. The van der Waals surface area contributed by atoms with E-state index in [2.05, 4.69) is 5.32 Å². The van der Waals surface area contributed by atoms with Crippen molar-refractivity contribution in [2.75, 3.05) is 5.32 Å². The molecule has 98 valence electrons. The highest BCUT2D eigenvalue weighted by Crippen LogP contribution is 2.14. The molecule has 2 N–H and O–H groups in total. The molecule has 0 atom stereocenters. The third kappa shape index (κ3) is 3.14. The first-order valence-electron chi connectivity index (χ1n) is 5.56. The lowest BCUT2D eigenvalue weighted by molar-refractivity contribution is 0.102. The Hall–Kier alpha value is -2.27. The molecule has 5 heteroatoms. The van der Waals surface area contributed by atoms with Crippen LogP contribution < -0.4 is 5.32 Å². The highest BCUT2D eigenvalue weighted by molar-refractivity contribution is 6.04. The van der Waals surface area contributed by atoms with Crippen LogP contribution in [0.4, 0.5) is 14.5 Å². The summed E-state index contributed by atoms with van der Waals surface area (Å²) in [6, 6.07) is 9.07. The molecule has 0 bridgehead atoms. The number of hydrogen-bond donors (Lipinski definition) is 2. The largest absolute Gasteiger partial charge is 0.392 e. The SMILES string of the molecule is O=C(Nc1ccc(CO)cc1)c1cc(F)ccc1F. The van der Waals surface area contributed by atoms with Gasteiger partial charge < -0.3 is 10.4 Å². The zero-order valence-corrected chi connectivity index (χ0v) is 9.86. The molecule has 2 aromatic rings. The minimum absolute atomic E-state index is 0.104. The second-order valence-electron chi connectivity index (χ2n) is 3.93. The molecule has 0 saturated heterocycles. The van der Waals surface area contributed by atoms with Crippen LogP contribution in [0.15, 0.2) is 42.5 Å². The lowest BCUT2D eigenvalue weighted by Gasteiger charge is -2.07. The van der Waals surface area contributed by atoms with E-state index in [9.17, 15) is 13.6 Å². The lowest BCUT2D eigenvalue weighted by atomic mass is 10.1. The Morgan fingerprint density at radius 2 is 1.79 bits per heavy atom. The second-order valence-corrected chi connectivity index (χ2v) is 3.93. The van der Waals surface area contributed by atoms with E-state index >= 15 is 0 Å². The Bertz CT molecular complexity index is 597. The molecule has 0 heterocycles. The number of halogens is 2. The Kier molecular flexibility index (Phi) is 3.87. The van der Waals surface area contributed by atoms with Crippen LogP contribution in [0.2, 0.25) is 0 Å². The molecule has 1 amide bonds. The van der Waals surface area contributed by atoms with Gasteiger partial charge in [-0.2, -0.15) is 0 Å². The minimum Gasteiger partial charge on any atom is -0.392 e. The summed E-state index contributed by atoms with van der Waals surface area (Å²) in [5.74, 6) is -2.19. The number of benzene rings is 2. The molecular weight excluding hydrogens is 252 g/mol. The van der Waals surface area contributed by atoms with Crippen molar-refractivity contribution in [1.29, 1.82) is 0 Å². The number of aliphatic hydroxyl groups is 1. The Labute approximate surface area is 108 Å². The van der Waals surface area contributed by atoms with Gasteiger partial charge in [0.15, 0.2) is 0 Å². The standard InChI is InChI=1S/C14H11F2NO2/c15-10-3-6-13(16)12(7-10)14(19)17-11-4-1-9(8-18)2-5-11/h1-7,18H,8H2,(H,17,19). The van der Waals surface area contributed by atoms with E-state index in [1.165, 1.54) is 0 Å². The summed E-state index contributed by atoms with van der Waals surface area (Å²) in [5, 5.41) is 11.3. The molecule has 0 radical (unpaired) electrons. The molecule has 0 aliphatic carbocycles. The Morgan fingerprint density at radius 1 is 1.11 bits per heavy atom. The van der Waals surface area contributed by atoms with Crippen molar-refractivity contribution in [3.63, 3.8) is 0 Å². The predicted octanol–water partition coefficient (Wildman–Crippen LogP) is 2.71. The van der Waals surface area contributed by atoms with E-state index in [0.29, 0.717) is 11.3 Å². The van der Waals surface area contributed by atoms with Gasteiger partial charge in [0.05, 0.1) is 12.2 Å². The van der Waals surface area contributed by atoms with Crippen LogP contribution in [0.25, 0.3) is 0 Å². The summed E-state index contributed by atoms with van der Waals surface area (Å²) in [6.45, 7) is -0.104. The number of aliphatic hydroxyl groups excluding tert-OH is 1. The van der Waals surface area contributed by atoms with Gasteiger partial charge in [0.2, 0.25) is 0 Å². The minimum atomic E-state index is -0.786. The van der Waals surface area contributed by atoms with Crippen LogP contribution >= 0.6 is 0 Å². The van der Waals surface area contributed by atoms with Crippen molar-refractivity contribution in [2.24, 2.45) is 0 Å². The quantitative estimate of drug-likeness (QED) is 0.894. The number of anilines is 1. The fourth-order valence-electron chi connectivity index (χ4n) is 1.56. The molecule has 2 aromatic carbocycles. The van der Waals surface area contributed by atoms with Crippen molar-refractivity contribution in [2.45, 2.75) is 6.61 Å². The summed E-state index contributed by atoms with van der Waals surface area (Å²) in [5.41, 5.74) is 0.770. The fraction of sp³-hybridized carbons (Fsp3) is 0.0714. The number of carbonyl (C=O) groups excluding carboxylic acids is 1. The van der Waals surface area contributed by atoms with Gasteiger partial charge in [0.1, 0.15) is 11.6 Å². The van der Waals surface area contributed by atoms with Crippen LogP contribution in [-0.4, -0.2) is 11.0 Å².